The van der Waals surface area contributed by atoms with E-state index in [1.54, 1.807) is 31.2 Å². The van der Waals surface area contributed by atoms with Crippen LogP contribution in [0, 0.1) is 0 Å². The zero-order chi connectivity index (χ0) is 15.9. The molecule has 0 fully saturated rings. The van der Waals surface area contributed by atoms with Crippen molar-refractivity contribution in [1.29, 1.82) is 0 Å². The van der Waals surface area contributed by atoms with E-state index in [4.69, 9.17) is 9.15 Å². The van der Waals surface area contributed by atoms with Gasteiger partial charge in [-0.2, -0.15) is 0 Å². The first-order valence-electron chi connectivity index (χ1n) is 6.60. The van der Waals surface area contributed by atoms with Gasteiger partial charge in [0.15, 0.2) is 5.78 Å². The van der Waals surface area contributed by atoms with Gasteiger partial charge in [-0.15, -0.1) is 0 Å². The van der Waals surface area contributed by atoms with Crippen LogP contribution < -0.4 is 4.74 Å². The van der Waals surface area contributed by atoms with E-state index in [1.165, 1.54) is 19.4 Å². The summed E-state index contributed by atoms with van der Waals surface area (Å²) in [7, 11) is 1.53. The number of hydrogen-bond acceptors (Lipinski definition) is 5. The van der Waals surface area contributed by atoms with Gasteiger partial charge in [0.1, 0.15) is 17.8 Å². The second kappa shape index (κ2) is 5.11. The summed E-state index contributed by atoms with van der Waals surface area (Å²) in [6.45, 7) is 1.66. The van der Waals surface area contributed by atoms with E-state index in [2.05, 4.69) is 0 Å². The van der Waals surface area contributed by atoms with Gasteiger partial charge in [0.05, 0.1) is 18.2 Å². The Kier molecular flexibility index (Phi) is 3.25. The van der Waals surface area contributed by atoms with Gasteiger partial charge in [-0.3, -0.25) is 14.4 Å². The summed E-state index contributed by atoms with van der Waals surface area (Å²) in [5.74, 6) is -0.831. The van der Waals surface area contributed by atoms with Crippen LogP contribution in [0.2, 0.25) is 0 Å². The molecule has 5 nitrogen and oxygen atoms in total. The molecule has 2 aromatic rings. The topological polar surface area (TPSA) is 73.6 Å². The van der Waals surface area contributed by atoms with Gasteiger partial charge >= 0.3 is 0 Å². The molecule has 5 heteroatoms. The maximum absolute atomic E-state index is 12.6. The van der Waals surface area contributed by atoms with Crippen molar-refractivity contribution in [2.24, 2.45) is 0 Å². The summed E-state index contributed by atoms with van der Waals surface area (Å²) in [5.41, 5.74) is 1.07. The fourth-order valence-corrected chi connectivity index (χ4v) is 2.39. The quantitative estimate of drug-likeness (QED) is 0.643. The van der Waals surface area contributed by atoms with Crippen molar-refractivity contribution in [3.8, 4) is 5.75 Å². The van der Waals surface area contributed by atoms with Crippen LogP contribution in [0.5, 0.6) is 5.75 Å². The monoisotopic (exact) mass is 296 g/mol. The van der Waals surface area contributed by atoms with E-state index < -0.39 is 11.6 Å². The van der Waals surface area contributed by atoms with E-state index in [-0.39, 0.29) is 22.7 Å². The Morgan fingerprint density at radius 1 is 1.14 bits per heavy atom. The highest BCUT2D eigenvalue weighted by atomic mass is 16.5. The summed E-state index contributed by atoms with van der Waals surface area (Å²) in [6.07, 6.45) is 2.45. The Balaban J connectivity index is 2.06. The molecule has 1 aromatic carbocycles. The summed E-state index contributed by atoms with van der Waals surface area (Å²) in [4.78, 5) is 36.3. The SMILES string of the molecule is COc1ccc(C(=O)c2coc3c2C(=O)C(=O)C=C3C)cc1. The fourth-order valence-electron chi connectivity index (χ4n) is 2.39. The molecule has 0 spiro atoms. The average Bonchev–Trinajstić information content (AvgIpc) is 2.97. The maximum atomic E-state index is 12.6. The molecule has 1 aromatic heterocycles. The number of hydrogen-bond donors (Lipinski definition) is 0. The molecule has 1 aliphatic rings. The standard InChI is InChI=1S/C17H12O5/c1-9-7-13(18)16(20)14-12(8-22-17(9)14)15(19)10-3-5-11(21-2)6-4-10/h3-8H,1-2H3. The van der Waals surface area contributed by atoms with Gasteiger partial charge in [-0.1, -0.05) is 0 Å². The molecular weight excluding hydrogens is 284 g/mol. The van der Waals surface area contributed by atoms with Gasteiger partial charge in [0.2, 0.25) is 11.6 Å². The predicted molar refractivity (Wildman–Crippen MR) is 78.1 cm³/mol. The number of carbonyl (C=O) groups excluding carboxylic acids is 3. The predicted octanol–water partition coefficient (Wildman–Crippen LogP) is 2.69. The number of ketones is 3. The van der Waals surface area contributed by atoms with Crippen LogP contribution in [0.3, 0.4) is 0 Å². The van der Waals surface area contributed by atoms with Gasteiger partial charge in [0, 0.05) is 5.56 Å². The van der Waals surface area contributed by atoms with Gasteiger partial charge in [-0.05, 0) is 42.8 Å². The lowest BCUT2D eigenvalue weighted by Crippen LogP contribution is -2.19. The van der Waals surface area contributed by atoms with Crippen molar-refractivity contribution in [3.63, 3.8) is 0 Å². The Bertz CT molecular complexity index is 821. The maximum Gasteiger partial charge on any atom is 0.237 e. The summed E-state index contributed by atoms with van der Waals surface area (Å²) in [6, 6.07) is 6.49. The highest BCUT2D eigenvalue weighted by Crippen LogP contribution is 2.30. The first kappa shape index (κ1) is 14.0. The lowest BCUT2D eigenvalue weighted by atomic mass is 9.91. The van der Waals surface area contributed by atoms with E-state index >= 15 is 0 Å². The lowest BCUT2D eigenvalue weighted by molar-refractivity contribution is -0.111. The third-order valence-corrected chi connectivity index (χ3v) is 3.54. The number of fused-ring (bicyclic) bond motifs is 1. The molecule has 110 valence electrons. The molecule has 0 saturated heterocycles. The number of benzene rings is 1. The summed E-state index contributed by atoms with van der Waals surface area (Å²) < 4.78 is 10.4. The fraction of sp³-hybridized carbons (Fsp3) is 0.118. The number of allylic oxidation sites excluding steroid dienone is 2. The largest absolute Gasteiger partial charge is 0.497 e. The summed E-state index contributed by atoms with van der Waals surface area (Å²) in [5, 5.41) is 0. The highest BCUT2D eigenvalue weighted by Gasteiger charge is 2.32. The number of Topliss-reactive ketones (excluding diaryl/α,β-unsaturated/α-hetero) is 1. The number of rotatable bonds is 3. The molecule has 0 unspecified atom stereocenters. The number of furan rings is 1. The van der Waals surface area contributed by atoms with E-state index in [1.807, 2.05) is 0 Å². The van der Waals surface area contributed by atoms with Crippen LogP contribution in [-0.2, 0) is 4.79 Å². The van der Waals surface area contributed by atoms with E-state index in [0.717, 1.165) is 0 Å². The second-order valence-electron chi connectivity index (χ2n) is 4.93. The third-order valence-electron chi connectivity index (χ3n) is 3.54. The van der Waals surface area contributed by atoms with Crippen molar-refractivity contribution < 1.29 is 23.5 Å². The minimum Gasteiger partial charge on any atom is -0.497 e. The van der Waals surface area contributed by atoms with E-state index in [9.17, 15) is 14.4 Å². The third kappa shape index (κ3) is 2.07. The van der Waals surface area contributed by atoms with Gasteiger partial charge in [-0.25, -0.2) is 0 Å². The lowest BCUT2D eigenvalue weighted by Gasteiger charge is -2.08. The van der Waals surface area contributed by atoms with Crippen LogP contribution in [0.15, 0.2) is 41.0 Å². The van der Waals surface area contributed by atoms with Gasteiger partial charge < -0.3 is 9.15 Å². The Morgan fingerprint density at radius 2 is 1.82 bits per heavy atom. The average molecular weight is 296 g/mol. The van der Waals surface area contributed by atoms with E-state index in [0.29, 0.717) is 16.9 Å². The summed E-state index contributed by atoms with van der Waals surface area (Å²) >= 11 is 0. The molecule has 1 aliphatic carbocycles. The first-order chi connectivity index (χ1) is 10.5. The molecular formula is C17H12O5. The molecule has 3 rings (SSSR count). The number of ether oxygens (including phenoxy) is 1. The van der Waals surface area contributed by atoms with Crippen molar-refractivity contribution in [2.45, 2.75) is 6.92 Å². The zero-order valence-corrected chi connectivity index (χ0v) is 12.0. The molecule has 0 atom stereocenters. The Morgan fingerprint density at radius 3 is 2.45 bits per heavy atom. The van der Waals surface area contributed by atoms with Gasteiger partial charge in [0.25, 0.3) is 0 Å². The molecule has 0 bridgehead atoms. The normalized spacial score (nSPS) is 13.6. The molecule has 0 radical (unpaired) electrons. The zero-order valence-electron chi connectivity index (χ0n) is 12.0. The molecule has 22 heavy (non-hydrogen) atoms. The Hall–Kier alpha value is -2.95. The molecule has 0 amide bonds. The van der Waals surface area contributed by atoms with Crippen LogP contribution in [0.1, 0.15) is 39.0 Å². The van der Waals surface area contributed by atoms with Crippen LogP contribution in [0.25, 0.3) is 5.57 Å². The van der Waals surface area contributed by atoms with Crippen molar-refractivity contribution in [1.82, 2.24) is 0 Å². The molecule has 0 aliphatic heterocycles. The number of methoxy groups -OCH3 is 1. The molecule has 0 saturated carbocycles. The first-order valence-corrected chi connectivity index (χ1v) is 6.60. The minimum absolute atomic E-state index is 0.0471. The van der Waals surface area contributed by atoms with Crippen LogP contribution in [0.4, 0.5) is 0 Å². The van der Waals surface area contributed by atoms with Crippen molar-refractivity contribution >= 4 is 22.9 Å². The molecule has 1 heterocycles. The second-order valence-corrected chi connectivity index (χ2v) is 4.93. The van der Waals surface area contributed by atoms with Crippen LogP contribution in [-0.4, -0.2) is 24.5 Å². The smallest absolute Gasteiger partial charge is 0.237 e. The van der Waals surface area contributed by atoms with Crippen molar-refractivity contribution in [2.75, 3.05) is 7.11 Å². The van der Waals surface area contributed by atoms with Crippen molar-refractivity contribution in [3.05, 3.63) is 59.1 Å². The Labute approximate surface area is 126 Å². The minimum atomic E-state index is -0.716. The number of carbonyl (C=O) groups is 3. The van der Waals surface area contributed by atoms with Crippen LogP contribution >= 0.6 is 0 Å². The highest BCUT2D eigenvalue weighted by molar-refractivity contribution is 6.51. The molecule has 0 N–H and O–H groups in total.